The number of nitrogens with zero attached hydrogens (tertiary/aromatic N) is 2. The van der Waals surface area contributed by atoms with E-state index in [1.54, 1.807) is 0 Å². The molecular formula is C19H19ClN4O. The first-order valence-electron chi connectivity index (χ1n) is 7.97. The van der Waals surface area contributed by atoms with Gasteiger partial charge in [-0.25, -0.2) is 9.97 Å². The minimum atomic E-state index is 0.154. The monoisotopic (exact) mass is 354 g/mol. The smallest absolute Gasteiger partial charge is 0.135 e. The number of benzene rings is 2. The first-order valence-corrected chi connectivity index (χ1v) is 8.35. The summed E-state index contributed by atoms with van der Waals surface area (Å²) in [7, 11) is 0. The Kier molecular flexibility index (Phi) is 5.36. The minimum Gasteiger partial charge on any atom is -0.491 e. The Bertz CT molecular complexity index is 837. The molecule has 0 aliphatic heterocycles. The molecule has 0 bridgehead atoms. The normalized spacial score (nSPS) is 10.6. The predicted octanol–water partition coefficient (Wildman–Crippen LogP) is 5.40. The summed E-state index contributed by atoms with van der Waals surface area (Å²) in [6, 6.07) is 17.0. The number of hydrogen-bond acceptors (Lipinski definition) is 5. The SMILES string of the molecule is CC(C)Oc1ccc(Nc2cc(Nc3cccc(Cl)c3)ncn2)cc1. The molecule has 6 heteroatoms. The molecule has 0 aliphatic rings. The molecule has 1 aromatic heterocycles. The van der Waals surface area contributed by atoms with Crippen molar-refractivity contribution in [3.63, 3.8) is 0 Å². The van der Waals surface area contributed by atoms with Crippen molar-refractivity contribution in [2.75, 3.05) is 10.6 Å². The summed E-state index contributed by atoms with van der Waals surface area (Å²) in [6.07, 6.45) is 1.66. The highest BCUT2D eigenvalue weighted by Crippen LogP contribution is 2.23. The maximum atomic E-state index is 6.00. The van der Waals surface area contributed by atoms with Gasteiger partial charge in [-0.05, 0) is 56.3 Å². The van der Waals surface area contributed by atoms with Gasteiger partial charge in [-0.15, -0.1) is 0 Å². The summed E-state index contributed by atoms with van der Waals surface area (Å²) in [4.78, 5) is 8.47. The van der Waals surface area contributed by atoms with Crippen molar-refractivity contribution in [1.29, 1.82) is 0 Å². The first kappa shape index (κ1) is 17.0. The van der Waals surface area contributed by atoms with Crippen molar-refractivity contribution in [3.8, 4) is 5.75 Å². The van der Waals surface area contributed by atoms with Crippen molar-refractivity contribution < 1.29 is 4.74 Å². The Hall–Kier alpha value is -2.79. The van der Waals surface area contributed by atoms with Gasteiger partial charge in [0, 0.05) is 22.5 Å². The van der Waals surface area contributed by atoms with Crippen LogP contribution < -0.4 is 15.4 Å². The number of anilines is 4. The third-order valence-corrected chi connectivity index (χ3v) is 3.50. The Morgan fingerprint density at radius 3 is 2.20 bits per heavy atom. The van der Waals surface area contributed by atoms with Gasteiger partial charge in [0.05, 0.1) is 6.10 Å². The summed E-state index contributed by atoms with van der Waals surface area (Å²) in [5.41, 5.74) is 1.79. The third-order valence-electron chi connectivity index (χ3n) is 3.26. The second-order valence-electron chi connectivity index (χ2n) is 5.74. The van der Waals surface area contributed by atoms with Gasteiger partial charge in [0.1, 0.15) is 23.7 Å². The van der Waals surface area contributed by atoms with Gasteiger partial charge in [0.25, 0.3) is 0 Å². The van der Waals surface area contributed by atoms with E-state index in [0.717, 1.165) is 17.1 Å². The average molecular weight is 355 g/mol. The molecule has 0 amide bonds. The van der Waals surface area contributed by atoms with E-state index in [1.165, 1.54) is 6.33 Å². The van der Waals surface area contributed by atoms with Crippen molar-refractivity contribution in [2.45, 2.75) is 20.0 Å². The maximum absolute atomic E-state index is 6.00. The summed E-state index contributed by atoms with van der Waals surface area (Å²) < 4.78 is 5.64. The average Bonchev–Trinajstić information content (AvgIpc) is 2.57. The number of aromatic nitrogens is 2. The van der Waals surface area contributed by atoms with Crippen molar-refractivity contribution in [3.05, 3.63) is 65.9 Å². The first-order chi connectivity index (χ1) is 12.1. The molecule has 2 aromatic carbocycles. The molecule has 0 fully saturated rings. The molecule has 3 aromatic rings. The van der Waals surface area contributed by atoms with E-state index in [4.69, 9.17) is 16.3 Å². The molecule has 2 N–H and O–H groups in total. The van der Waals surface area contributed by atoms with Gasteiger partial charge in [-0.3, -0.25) is 0 Å². The van der Waals surface area contributed by atoms with Crippen LogP contribution in [-0.4, -0.2) is 16.1 Å². The van der Waals surface area contributed by atoms with E-state index in [-0.39, 0.29) is 6.10 Å². The van der Waals surface area contributed by atoms with E-state index in [1.807, 2.05) is 68.4 Å². The highest BCUT2D eigenvalue weighted by molar-refractivity contribution is 6.30. The van der Waals surface area contributed by atoms with Crippen LogP contribution in [0.5, 0.6) is 5.75 Å². The third kappa shape index (κ3) is 5.09. The van der Waals surface area contributed by atoms with Crippen LogP contribution >= 0.6 is 11.6 Å². The lowest BCUT2D eigenvalue weighted by Crippen LogP contribution is -2.05. The molecule has 0 unspecified atom stereocenters. The van der Waals surface area contributed by atoms with Crippen LogP contribution in [0.2, 0.25) is 5.02 Å². The standard InChI is InChI=1S/C19H19ClN4O/c1-13(2)25-17-8-6-15(7-9-17)23-18-11-19(22-12-21-18)24-16-5-3-4-14(20)10-16/h3-13H,1-2H3,(H2,21,22,23,24). The van der Waals surface area contributed by atoms with E-state index >= 15 is 0 Å². The lowest BCUT2D eigenvalue weighted by molar-refractivity contribution is 0.242. The summed E-state index contributed by atoms with van der Waals surface area (Å²) in [6.45, 7) is 4.00. The molecule has 0 aliphatic carbocycles. The maximum Gasteiger partial charge on any atom is 0.135 e. The zero-order chi connectivity index (χ0) is 17.6. The Morgan fingerprint density at radius 2 is 1.56 bits per heavy atom. The minimum absolute atomic E-state index is 0.154. The zero-order valence-electron chi connectivity index (χ0n) is 14.0. The second-order valence-corrected chi connectivity index (χ2v) is 6.18. The van der Waals surface area contributed by atoms with Crippen LogP contribution in [-0.2, 0) is 0 Å². The molecule has 3 rings (SSSR count). The quantitative estimate of drug-likeness (QED) is 0.620. The molecular weight excluding hydrogens is 336 g/mol. The lowest BCUT2D eigenvalue weighted by atomic mass is 10.3. The summed E-state index contributed by atoms with van der Waals surface area (Å²) in [5, 5.41) is 7.12. The molecule has 0 saturated carbocycles. The van der Waals surface area contributed by atoms with Gasteiger partial charge >= 0.3 is 0 Å². The Balaban J connectivity index is 1.69. The highest BCUT2D eigenvalue weighted by Gasteiger charge is 2.02. The molecule has 128 valence electrons. The van der Waals surface area contributed by atoms with Gasteiger partial charge < -0.3 is 15.4 Å². The molecule has 5 nitrogen and oxygen atoms in total. The van der Waals surface area contributed by atoms with E-state index in [9.17, 15) is 0 Å². The second kappa shape index (κ2) is 7.85. The van der Waals surface area contributed by atoms with E-state index < -0.39 is 0 Å². The Morgan fingerprint density at radius 1 is 0.880 bits per heavy atom. The van der Waals surface area contributed by atoms with Crippen molar-refractivity contribution in [1.82, 2.24) is 9.97 Å². The van der Waals surface area contributed by atoms with E-state index in [2.05, 4.69) is 20.6 Å². The number of hydrogen-bond donors (Lipinski definition) is 2. The van der Waals surface area contributed by atoms with E-state index in [0.29, 0.717) is 16.7 Å². The largest absolute Gasteiger partial charge is 0.491 e. The number of ether oxygens (including phenoxy) is 1. The fraction of sp³-hybridized carbons (Fsp3) is 0.158. The molecule has 25 heavy (non-hydrogen) atoms. The zero-order valence-corrected chi connectivity index (χ0v) is 14.8. The number of rotatable bonds is 6. The molecule has 0 atom stereocenters. The van der Waals surface area contributed by atoms with Crippen LogP contribution in [0.3, 0.4) is 0 Å². The number of nitrogens with one attached hydrogen (secondary N) is 2. The fourth-order valence-electron chi connectivity index (χ4n) is 2.25. The fourth-order valence-corrected chi connectivity index (χ4v) is 2.44. The summed E-state index contributed by atoms with van der Waals surface area (Å²) >= 11 is 6.00. The van der Waals surface area contributed by atoms with Crippen LogP contribution in [0.25, 0.3) is 0 Å². The molecule has 0 spiro atoms. The van der Waals surface area contributed by atoms with Crippen molar-refractivity contribution >= 4 is 34.6 Å². The van der Waals surface area contributed by atoms with Crippen LogP contribution in [0.1, 0.15) is 13.8 Å². The summed E-state index contributed by atoms with van der Waals surface area (Å²) in [5.74, 6) is 2.21. The predicted molar refractivity (Wildman–Crippen MR) is 102 cm³/mol. The lowest BCUT2D eigenvalue weighted by Gasteiger charge is -2.11. The Labute approximate surface area is 152 Å². The van der Waals surface area contributed by atoms with Crippen molar-refractivity contribution in [2.24, 2.45) is 0 Å². The number of halogens is 1. The topological polar surface area (TPSA) is 59.1 Å². The molecule has 0 saturated heterocycles. The van der Waals surface area contributed by atoms with Crippen LogP contribution in [0.4, 0.5) is 23.0 Å². The highest BCUT2D eigenvalue weighted by atomic mass is 35.5. The van der Waals surface area contributed by atoms with Gasteiger partial charge in [0.15, 0.2) is 0 Å². The van der Waals surface area contributed by atoms with Gasteiger partial charge in [-0.1, -0.05) is 17.7 Å². The molecule has 1 heterocycles. The van der Waals surface area contributed by atoms with Gasteiger partial charge in [-0.2, -0.15) is 0 Å². The van der Waals surface area contributed by atoms with Gasteiger partial charge in [0.2, 0.25) is 0 Å². The van der Waals surface area contributed by atoms with Crippen LogP contribution in [0.15, 0.2) is 60.9 Å². The van der Waals surface area contributed by atoms with Crippen LogP contribution in [0, 0.1) is 0 Å². The molecule has 0 radical (unpaired) electrons.